The van der Waals surface area contributed by atoms with Crippen molar-refractivity contribution in [3.05, 3.63) is 24.3 Å². The van der Waals surface area contributed by atoms with Gasteiger partial charge < -0.3 is 25.2 Å². The highest BCUT2D eigenvalue weighted by Crippen LogP contribution is 2.31. The van der Waals surface area contributed by atoms with Gasteiger partial charge in [-0.2, -0.15) is 0 Å². The highest BCUT2D eigenvalue weighted by molar-refractivity contribution is 5.96. The minimum absolute atomic E-state index is 0.0280. The second-order valence-electron chi connectivity index (χ2n) is 7.75. The lowest BCUT2D eigenvalue weighted by atomic mass is 9.80. The number of carbonyl (C=O) groups excluding carboxylic acids is 3. The summed E-state index contributed by atoms with van der Waals surface area (Å²) in [7, 11) is 1.57. The van der Waals surface area contributed by atoms with Gasteiger partial charge >= 0.3 is 6.03 Å². The third kappa shape index (κ3) is 4.99. The van der Waals surface area contributed by atoms with Gasteiger partial charge in [0.1, 0.15) is 11.3 Å². The van der Waals surface area contributed by atoms with Crippen LogP contribution >= 0.6 is 0 Å². The van der Waals surface area contributed by atoms with Gasteiger partial charge in [-0.3, -0.25) is 9.59 Å². The van der Waals surface area contributed by atoms with Crippen LogP contribution in [0.5, 0.6) is 5.75 Å². The van der Waals surface area contributed by atoms with Crippen molar-refractivity contribution in [2.45, 2.75) is 44.6 Å². The maximum atomic E-state index is 13.4. The average molecular weight is 402 g/mol. The quantitative estimate of drug-likeness (QED) is 0.808. The van der Waals surface area contributed by atoms with E-state index >= 15 is 0 Å². The molecule has 0 atom stereocenters. The van der Waals surface area contributed by atoms with Crippen molar-refractivity contribution in [2.75, 3.05) is 38.6 Å². The fourth-order valence-electron chi connectivity index (χ4n) is 4.16. The minimum Gasteiger partial charge on any atom is -0.497 e. The molecule has 1 aliphatic heterocycles. The predicted molar refractivity (Wildman–Crippen MR) is 110 cm³/mol. The van der Waals surface area contributed by atoms with E-state index in [1.807, 2.05) is 0 Å². The Kier molecular flexibility index (Phi) is 6.61. The maximum Gasteiger partial charge on any atom is 0.320 e. The molecule has 3 rings (SSSR count). The predicted octanol–water partition coefficient (Wildman–Crippen LogP) is 2.21. The zero-order chi connectivity index (χ0) is 20.9. The fourth-order valence-corrected chi connectivity index (χ4v) is 4.16. The highest BCUT2D eigenvalue weighted by Gasteiger charge is 2.44. The second kappa shape index (κ2) is 9.15. The van der Waals surface area contributed by atoms with E-state index in [2.05, 4.69) is 10.6 Å². The van der Waals surface area contributed by atoms with Crippen LogP contribution in [-0.4, -0.2) is 66.5 Å². The molecule has 0 spiro atoms. The van der Waals surface area contributed by atoms with Gasteiger partial charge in [-0.15, -0.1) is 0 Å². The zero-order valence-electron chi connectivity index (χ0n) is 17.2. The molecular weight excluding hydrogens is 372 g/mol. The largest absolute Gasteiger partial charge is 0.497 e. The number of nitrogens with one attached hydrogen (secondary N) is 2. The number of amides is 4. The SMILES string of the molecule is COc1cccc(NC(=O)NC2(C(=O)N3CCN(C(C)=O)CC3)CCCCC2)c1. The Morgan fingerprint density at radius 2 is 1.66 bits per heavy atom. The Hall–Kier alpha value is -2.77. The first-order valence-electron chi connectivity index (χ1n) is 10.2. The first-order chi connectivity index (χ1) is 13.9. The molecule has 8 heteroatoms. The molecule has 1 saturated heterocycles. The average Bonchev–Trinajstić information content (AvgIpc) is 2.74. The van der Waals surface area contributed by atoms with Crippen LogP contribution in [0.4, 0.5) is 10.5 Å². The molecule has 0 radical (unpaired) electrons. The molecule has 2 N–H and O–H groups in total. The van der Waals surface area contributed by atoms with Crippen LogP contribution in [0.3, 0.4) is 0 Å². The Morgan fingerprint density at radius 3 is 2.28 bits per heavy atom. The molecule has 2 aliphatic rings. The Morgan fingerprint density at radius 1 is 1.00 bits per heavy atom. The number of carbonyl (C=O) groups is 3. The molecule has 1 aromatic rings. The van der Waals surface area contributed by atoms with Crippen molar-refractivity contribution in [1.29, 1.82) is 0 Å². The van der Waals surface area contributed by atoms with Crippen LogP contribution in [0, 0.1) is 0 Å². The summed E-state index contributed by atoms with van der Waals surface area (Å²) >= 11 is 0. The normalized spacial score (nSPS) is 18.7. The van der Waals surface area contributed by atoms with Gasteiger partial charge in [-0.1, -0.05) is 25.3 Å². The molecule has 1 aliphatic carbocycles. The summed E-state index contributed by atoms with van der Waals surface area (Å²) in [6, 6.07) is 6.71. The summed E-state index contributed by atoms with van der Waals surface area (Å²) in [5.74, 6) is 0.635. The van der Waals surface area contributed by atoms with Crippen molar-refractivity contribution in [1.82, 2.24) is 15.1 Å². The first kappa shape index (κ1) is 21.0. The van der Waals surface area contributed by atoms with Crippen LogP contribution in [-0.2, 0) is 9.59 Å². The monoisotopic (exact) mass is 402 g/mol. The summed E-state index contributed by atoms with van der Waals surface area (Å²) in [6.45, 7) is 3.61. The third-order valence-electron chi connectivity index (χ3n) is 5.81. The van der Waals surface area contributed by atoms with Crippen LogP contribution < -0.4 is 15.4 Å². The molecule has 0 bridgehead atoms. The number of anilines is 1. The summed E-state index contributed by atoms with van der Waals surface area (Å²) < 4.78 is 5.19. The van der Waals surface area contributed by atoms with E-state index in [0.29, 0.717) is 50.5 Å². The van der Waals surface area contributed by atoms with Gasteiger partial charge in [-0.05, 0) is 25.0 Å². The molecule has 29 heavy (non-hydrogen) atoms. The number of piperazine rings is 1. The van der Waals surface area contributed by atoms with Gasteiger partial charge in [-0.25, -0.2) is 4.79 Å². The van der Waals surface area contributed by atoms with Crippen molar-refractivity contribution in [2.24, 2.45) is 0 Å². The summed E-state index contributed by atoms with van der Waals surface area (Å²) in [6.07, 6.45) is 4.12. The lowest BCUT2D eigenvalue weighted by molar-refractivity contribution is -0.144. The Balaban J connectivity index is 1.68. The Labute approximate surface area is 171 Å². The standard InChI is InChI=1S/C21H30N4O4/c1-16(26)24-11-13-25(14-12-24)19(27)21(9-4-3-5-10-21)23-20(28)22-17-7-6-8-18(15-17)29-2/h6-8,15H,3-5,9-14H2,1-2H3,(H2,22,23,28). The fraction of sp³-hybridized carbons (Fsp3) is 0.571. The number of hydrogen-bond acceptors (Lipinski definition) is 4. The molecule has 1 saturated carbocycles. The second-order valence-corrected chi connectivity index (χ2v) is 7.75. The topological polar surface area (TPSA) is 91.0 Å². The van der Waals surface area contributed by atoms with E-state index in [4.69, 9.17) is 4.74 Å². The number of hydrogen-bond donors (Lipinski definition) is 2. The van der Waals surface area contributed by atoms with E-state index in [1.165, 1.54) is 0 Å². The molecule has 2 fully saturated rings. The number of ether oxygens (including phenoxy) is 1. The lowest BCUT2D eigenvalue weighted by Gasteiger charge is -2.43. The van der Waals surface area contributed by atoms with E-state index in [-0.39, 0.29) is 11.8 Å². The molecule has 0 aromatic heterocycles. The van der Waals surface area contributed by atoms with Crippen molar-refractivity contribution in [3.8, 4) is 5.75 Å². The maximum absolute atomic E-state index is 13.4. The van der Waals surface area contributed by atoms with Crippen LogP contribution in [0.2, 0.25) is 0 Å². The number of methoxy groups -OCH3 is 1. The van der Waals surface area contributed by atoms with Crippen LogP contribution in [0.25, 0.3) is 0 Å². The van der Waals surface area contributed by atoms with Gasteiger partial charge in [0.2, 0.25) is 11.8 Å². The van der Waals surface area contributed by atoms with Gasteiger partial charge in [0, 0.05) is 44.9 Å². The van der Waals surface area contributed by atoms with Crippen LogP contribution in [0.1, 0.15) is 39.0 Å². The molecule has 158 valence electrons. The summed E-state index contributed by atoms with van der Waals surface area (Å²) in [4.78, 5) is 41.2. The summed E-state index contributed by atoms with van der Waals surface area (Å²) in [5.41, 5.74) is -0.283. The van der Waals surface area contributed by atoms with E-state index in [0.717, 1.165) is 19.3 Å². The van der Waals surface area contributed by atoms with Gasteiger partial charge in [0.15, 0.2) is 0 Å². The van der Waals surface area contributed by atoms with Crippen molar-refractivity contribution in [3.63, 3.8) is 0 Å². The van der Waals surface area contributed by atoms with E-state index in [9.17, 15) is 14.4 Å². The number of urea groups is 1. The molecule has 4 amide bonds. The molecular formula is C21H30N4O4. The molecule has 8 nitrogen and oxygen atoms in total. The van der Waals surface area contributed by atoms with Crippen molar-refractivity contribution >= 4 is 23.5 Å². The van der Waals surface area contributed by atoms with E-state index in [1.54, 1.807) is 48.1 Å². The lowest BCUT2D eigenvalue weighted by Crippen LogP contribution is -2.63. The first-order valence-corrected chi connectivity index (χ1v) is 10.2. The minimum atomic E-state index is -0.889. The van der Waals surface area contributed by atoms with E-state index < -0.39 is 11.6 Å². The van der Waals surface area contributed by atoms with Crippen molar-refractivity contribution < 1.29 is 19.1 Å². The van der Waals surface area contributed by atoms with Gasteiger partial charge in [0.05, 0.1) is 7.11 Å². The number of benzene rings is 1. The molecule has 1 heterocycles. The van der Waals surface area contributed by atoms with Crippen LogP contribution in [0.15, 0.2) is 24.3 Å². The zero-order valence-corrected chi connectivity index (χ0v) is 17.2. The molecule has 1 aromatic carbocycles. The number of nitrogens with zero attached hydrogens (tertiary/aromatic N) is 2. The molecule has 0 unspecified atom stereocenters. The highest BCUT2D eigenvalue weighted by atomic mass is 16.5. The Bertz CT molecular complexity index is 753. The smallest absolute Gasteiger partial charge is 0.320 e. The van der Waals surface area contributed by atoms with Gasteiger partial charge in [0.25, 0.3) is 0 Å². The third-order valence-corrected chi connectivity index (χ3v) is 5.81. The number of rotatable bonds is 4. The summed E-state index contributed by atoms with van der Waals surface area (Å²) in [5, 5.41) is 5.80.